The molecule has 0 saturated carbocycles. The van der Waals surface area contributed by atoms with Gasteiger partial charge in [-0.1, -0.05) is 75.5 Å². The van der Waals surface area contributed by atoms with Crippen LogP contribution in [0.25, 0.3) is 0 Å². The van der Waals surface area contributed by atoms with Crippen LogP contribution in [0.1, 0.15) is 71.1 Å². The molecule has 3 heteroatoms. The summed E-state index contributed by atoms with van der Waals surface area (Å²) in [6.45, 7) is 2.12. The number of unbranched alkanes of at least 4 members (excludes halogenated alkanes) is 5. The molecule has 0 aromatic carbocycles. The van der Waals surface area contributed by atoms with E-state index in [2.05, 4.69) is 29.9 Å². The highest BCUT2D eigenvalue weighted by Gasteiger charge is 2.00. The molecule has 0 aromatic heterocycles. The van der Waals surface area contributed by atoms with E-state index < -0.39 is 0 Å². The molecule has 0 amide bonds. The molecular formula is C20H34O3. The highest BCUT2D eigenvalue weighted by atomic mass is 16.5. The molecule has 1 unspecified atom stereocenters. The fourth-order valence-corrected chi connectivity index (χ4v) is 2.22. The average Bonchev–Trinajstić information content (AvgIpc) is 2.56. The van der Waals surface area contributed by atoms with Crippen LogP contribution in [-0.4, -0.2) is 24.3 Å². The third-order valence-corrected chi connectivity index (χ3v) is 3.61. The second kappa shape index (κ2) is 17.0. The molecule has 0 spiro atoms. The first-order valence-electron chi connectivity index (χ1n) is 8.94. The summed E-state index contributed by atoms with van der Waals surface area (Å²) in [5.41, 5.74) is 0. The van der Waals surface area contributed by atoms with E-state index in [9.17, 15) is 9.90 Å². The maximum absolute atomic E-state index is 10.9. The number of carbonyl (C=O) groups is 1. The number of aliphatic hydroxyl groups is 1. The van der Waals surface area contributed by atoms with Crippen LogP contribution >= 0.6 is 0 Å². The Balaban J connectivity index is 3.44. The quantitative estimate of drug-likeness (QED) is 0.209. The first-order valence-corrected chi connectivity index (χ1v) is 8.94. The largest absolute Gasteiger partial charge is 0.469 e. The third-order valence-electron chi connectivity index (χ3n) is 3.61. The smallest absolute Gasteiger partial charge is 0.305 e. The Morgan fingerprint density at radius 1 is 1.00 bits per heavy atom. The molecule has 0 heterocycles. The molecule has 1 atom stereocenters. The van der Waals surface area contributed by atoms with Crippen molar-refractivity contribution in [2.45, 2.75) is 77.2 Å². The van der Waals surface area contributed by atoms with Crippen LogP contribution < -0.4 is 0 Å². The molecule has 0 fully saturated rings. The van der Waals surface area contributed by atoms with E-state index in [1.54, 1.807) is 0 Å². The van der Waals surface area contributed by atoms with Crippen LogP contribution in [0.3, 0.4) is 0 Å². The lowest BCUT2D eigenvalue weighted by atomic mass is 10.1. The van der Waals surface area contributed by atoms with E-state index in [1.165, 1.54) is 13.5 Å². The second-order valence-electron chi connectivity index (χ2n) is 5.73. The van der Waals surface area contributed by atoms with Gasteiger partial charge in [-0.3, -0.25) is 4.79 Å². The van der Waals surface area contributed by atoms with Gasteiger partial charge in [0.25, 0.3) is 0 Å². The molecule has 0 rings (SSSR count). The van der Waals surface area contributed by atoms with E-state index in [4.69, 9.17) is 0 Å². The Morgan fingerprint density at radius 3 is 2.39 bits per heavy atom. The summed E-state index contributed by atoms with van der Waals surface area (Å²) in [4.78, 5) is 10.9. The summed E-state index contributed by atoms with van der Waals surface area (Å²) < 4.78 is 4.61. The monoisotopic (exact) mass is 322 g/mol. The van der Waals surface area contributed by atoms with Crippen molar-refractivity contribution in [1.29, 1.82) is 0 Å². The Labute approximate surface area is 142 Å². The van der Waals surface area contributed by atoms with Crippen LogP contribution in [0.4, 0.5) is 0 Å². The minimum atomic E-state index is -0.342. The normalized spacial score (nSPS) is 13.3. The molecule has 3 nitrogen and oxygen atoms in total. The Kier molecular flexibility index (Phi) is 16.0. The molecule has 0 aliphatic rings. The van der Waals surface area contributed by atoms with Gasteiger partial charge in [-0.15, -0.1) is 0 Å². The molecule has 0 aliphatic carbocycles. The summed E-state index contributed by atoms with van der Waals surface area (Å²) in [7, 11) is 1.43. The summed E-state index contributed by atoms with van der Waals surface area (Å²) in [5.74, 6) is -0.115. The van der Waals surface area contributed by atoms with E-state index >= 15 is 0 Å². The fraction of sp³-hybridized carbons (Fsp3) is 0.650. The lowest BCUT2D eigenvalue weighted by Crippen LogP contribution is -2.01. The zero-order chi connectivity index (χ0) is 17.2. The van der Waals surface area contributed by atoms with E-state index in [0.29, 0.717) is 6.42 Å². The second-order valence-corrected chi connectivity index (χ2v) is 5.73. The van der Waals surface area contributed by atoms with Crippen LogP contribution in [0.15, 0.2) is 36.5 Å². The molecule has 0 aromatic rings. The van der Waals surface area contributed by atoms with Crippen molar-refractivity contribution in [3.8, 4) is 0 Å². The SMILES string of the molecule is CCC=CCC=CC=CC(O)CCCCCCCCC(=O)OC. The maximum Gasteiger partial charge on any atom is 0.305 e. The van der Waals surface area contributed by atoms with Crippen molar-refractivity contribution < 1.29 is 14.6 Å². The number of hydrogen-bond acceptors (Lipinski definition) is 3. The van der Waals surface area contributed by atoms with Crippen molar-refractivity contribution in [2.75, 3.05) is 7.11 Å². The zero-order valence-corrected chi connectivity index (χ0v) is 14.9. The summed E-state index contributed by atoms with van der Waals surface area (Å²) >= 11 is 0. The van der Waals surface area contributed by atoms with Gasteiger partial charge in [0.2, 0.25) is 0 Å². The first-order chi connectivity index (χ1) is 11.2. The number of hydrogen-bond donors (Lipinski definition) is 1. The predicted octanol–water partition coefficient (Wildman–Crippen LogP) is 5.11. The third kappa shape index (κ3) is 16.8. The van der Waals surface area contributed by atoms with Gasteiger partial charge in [0.1, 0.15) is 0 Å². The van der Waals surface area contributed by atoms with E-state index in [1.807, 2.05) is 18.2 Å². The van der Waals surface area contributed by atoms with E-state index in [-0.39, 0.29) is 12.1 Å². The van der Waals surface area contributed by atoms with Crippen molar-refractivity contribution in [3.05, 3.63) is 36.5 Å². The number of aliphatic hydroxyl groups excluding tert-OH is 1. The average molecular weight is 322 g/mol. The number of esters is 1. The van der Waals surface area contributed by atoms with E-state index in [0.717, 1.165) is 51.4 Å². The predicted molar refractivity (Wildman–Crippen MR) is 97.3 cm³/mol. The number of ether oxygens (including phenoxy) is 1. The van der Waals surface area contributed by atoms with Gasteiger partial charge in [-0.2, -0.15) is 0 Å². The summed E-state index contributed by atoms with van der Waals surface area (Å²) in [6.07, 6.45) is 21.7. The molecule has 0 bridgehead atoms. The summed E-state index contributed by atoms with van der Waals surface area (Å²) in [6, 6.07) is 0. The van der Waals surface area contributed by atoms with Crippen LogP contribution in [0, 0.1) is 0 Å². The van der Waals surface area contributed by atoms with Crippen LogP contribution in [0.2, 0.25) is 0 Å². The van der Waals surface area contributed by atoms with Crippen LogP contribution in [0.5, 0.6) is 0 Å². The van der Waals surface area contributed by atoms with Gasteiger partial charge < -0.3 is 9.84 Å². The topological polar surface area (TPSA) is 46.5 Å². The van der Waals surface area contributed by atoms with Crippen molar-refractivity contribution in [2.24, 2.45) is 0 Å². The molecule has 23 heavy (non-hydrogen) atoms. The number of methoxy groups -OCH3 is 1. The lowest BCUT2D eigenvalue weighted by Gasteiger charge is -2.05. The molecule has 0 saturated heterocycles. The van der Waals surface area contributed by atoms with Gasteiger partial charge in [0.15, 0.2) is 0 Å². The molecule has 1 N–H and O–H groups in total. The molecule has 0 radical (unpaired) electrons. The maximum atomic E-state index is 10.9. The van der Waals surface area contributed by atoms with Gasteiger partial charge in [0, 0.05) is 6.42 Å². The van der Waals surface area contributed by atoms with Gasteiger partial charge in [-0.25, -0.2) is 0 Å². The first kappa shape index (κ1) is 21.6. The van der Waals surface area contributed by atoms with Gasteiger partial charge in [-0.05, 0) is 25.7 Å². The number of carbonyl (C=O) groups excluding carboxylic acids is 1. The van der Waals surface area contributed by atoms with Gasteiger partial charge in [0.05, 0.1) is 13.2 Å². The fourth-order valence-electron chi connectivity index (χ4n) is 2.22. The highest BCUT2D eigenvalue weighted by molar-refractivity contribution is 5.68. The molecule has 0 aliphatic heterocycles. The number of allylic oxidation sites excluding steroid dienone is 5. The number of rotatable bonds is 14. The lowest BCUT2D eigenvalue weighted by molar-refractivity contribution is -0.140. The Hall–Kier alpha value is -1.35. The molecule has 132 valence electrons. The van der Waals surface area contributed by atoms with Crippen molar-refractivity contribution >= 4 is 5.97 Å². The van der Waals surface area contributed by atoms with Crippen molar-refractivity contribution in [3.63, 3.8) is 0 Å². The van der Waals surface area contributed by atoms with Crippen LogP contribution in [-0.2, 0) is 9.53 Å². The standard InChI is InChI=1S/C20H34O3/c1-3-4-5-6-7-10-13-16-19(21)17-14-11-8-9-12-15-18-20(22)23-2/h4-5,7,10,13,16,19,21H,3,6,8-9,11-12,14-15,17-18H2,1-2H3. The minimum Gasteiger partial charge on any atom is -0.469 e. The van der Waals surface area contributed by atoms with Gasteiger partial charge >= 0.3 is 5.97 Å². The zero-order valence-electron chi connectivity index (χ0n) is 14.9. The van der Waals surface area contributed by atoms with Crippen molar-refractivity contribution in [1.82, 2.24) is 0 Å². The Bertz CT molecular complexity index is 356. The Morgan fingerprint density at radius 2 is 1.70 bits per heavy atom. The minimum absolute atomic E-state index is 0.115. The highest BCUT2D eigenvalue weighted by Crippen LogP contribution is 2.10. The summed E-state index contributed by atoms with van der Waals surface area (Å²) in [5, 5.41) is 9.83. The molecular weight excluding hydrogens is 288 g/mol.